The average Bonchev–Trinajstić information content (AvgIpc) is 2.53. The fourth-order valence-corrected chi connectivity index (χ4v) is 1.55. The van der Waals surface area contributed by atoms with E-state index >= 15 is 0 Å². The van der Waals surface area contributed by atoms with Gasteiger partial charge in [-0.25, -0.2) is 4.79 Å². The molecule has 2 rings (SSSR count). The van der Waals surface area contributed by atoms with Crippen LogP contribution in [0.3, 0.4) is 0 Å². The molecule has 0 amide bonds. The van der Waals surface area contributed by atoms with Crippen molar-refractivity contribution in [3.05, 3.63) is 11.6 Å². The number of nitrogens with zero attached hydrogens (tertiary/aromatic N) is 1. The van der Waals surface area contributed by atoms with Crippen molar-refractivity contribution < 1.29 is 14.3 Å². The van der Waals surface area contributed by atoms with Gasteiger partial charge in [0.15, 0.2) is 0 Å². The first-order chi connectivity index (χ1) is 6.34. The smallest absolute Gasteiger partial charge is 0.331 e. The largest absolute Gasteiger partial charge is 0.458 e. The topological polar surface area (TPSA) is 38.8 Å². The summed E-state index contributed by atoms with van der Waals surface area (Å²) in [6, 6.07) is 0. The Bertz CT molecular complexity index is 231. The molecule has 0 atom stereocenters. The zero-order chi connectivity index (χ0) is 9.10. The van der Waals surface area contributed by atoms with Crippen LogP contribution in [-0.4, -0.2) is 50.3 Å². The van der Waals surface area contributed by atoms with Crippen LogP contribution in [0.1, 0.15) is 0 Å². The molecule has 4 heteroatoms. The zero-order valence-electron chi connectivity index (χ0n) is 7.49. The van der Waals surface area contributed by atoms with Gasteiger partial charge in [0.05, 0.1) is 13.2 Å². The van der Waals surface area contributed by atoms with Crippen molar-refractivity contribution in [3.8, 4) is 0 Å². The van der Waals surface area contributed by atoms with Crippen LogP contribution in [0.25, 0.3) is 0 Å². The molecule has 0 aliphatic carbocycles. The highest BCUT2D eigenvalue weighted by atomic mass is 16.5. The van der Waals surface area contributed by atoms with Gasteiger partial charge in [-0.3, -0.25) is 4.90 Å². The predicted molar refractivity (Wildman–Crippen MR) is 46.3 cm³/mol. The monoisotopic (exact) mass is 183 g/mol. The molecule has 0 aromatic rings. The summed E-state index contributed by atoms with van der Waals surface area (Å²) in [7, 11) is 0. The minimum atomic E-state index is -0.205. The van der Waals surface area contributed by atoms with E-state index in [4.69, 9.17) is 9.47 Å². The number of rotatable bonds is 2. The molecule has 1 fully saturated rings. The van der Waals surface area contributed by atoms with E-state index in [2.05, 4.69) is 4.90 Å². The van der Waals surface area contributed by atoms with Gasteiger partial charge >= 0.3 is 5.97 Å². The lowest BCUT2D eigenvalue weighted by Gasteiger charge is -2.26. The summed E-state index contributed by atoms with van der Waals surface area (Å²) in [6.07, 6.45) is 1.59. The van der Waals surface area contributed by atoms with Crippen LogP contribution in [-0.2, 0) is 14.3 Å². The van der Waals surface area contributed by atoms with Gasteiger partial charge in [-0.1, -0.05) is 0 Å². The Kier molecular flexibility index (Phi) is 2.61. The van der Waals surface area contributed by atoms with Gasteiger partial charge in [-0.15, -0.1) is 0 Å². The summed E-state index contributed by atoms with van der Waals surface area (Å²) in [5.41, 5.74) is 1.08. The molecule has 2 aliphatic rings. The van der Waals surface area contributed by atoms with Gasteiger partial charge in [-0.05, 0) is 5.57 Å². The highest BCUT2D eigenvalue weighted by molar-refractivity contribution is 5.85. The molecule has 0 aromatic heterocycles. The van der Waals surface area contributed by atoms with Crippen molar-refractivity contribution in [2.24, 2.45) is 0 Å². The average molecular weight is 183 g/mol. The van der Waals surface area contributed by atoms with Crippen molar-refractivity contribution in [2.45, 2.75) is 0 Å². The van der Waals surface area contributed by atoms with E-state index in [0.29, 0.717) is 6.61 Å². The molecule has 0 aromatic carbocycles. The van der Waals surface area contributed by atoms with Crippen LogP contribution in [0.15, 0.2) is 11.6 Å². The van der Waals surface area contributed by atoms with E-state index < -0.39 is 0 Å². The highest BCUT2D eigenvalue weighted by Gasteiger charge is 2.17. The molecule has 0 spiro atoms. The van der Waals surface area contributed by atoms with Gasteiger partial charge in [-0.2, -0.15) is 0 Å². The van der Waals surface area contributed by atoms with Gasteiger partial charge in [0, 0.05) is 25.7 Å². The lowest BCUT2D eigenvalue weighted by atomic mass is 10.2. The van der Waals surface area contributed by atoms with Crippen LogP contribution in [0.2, 0.25) is 0 Å². The first-order valence-corrected chi connectivity index (χ1v) is 4.51. The molecule has 0 bridgehead atoms. The molecule has 2 aliphatic heterocycles. The van der Waals surface area contributed by atoms with Gasteiger partial charge in [0.1, 0.15) is 6.61 Å². The quantitative estimate of drug-likeness (QED) is 0.556. The molecule has 0 saturated carbocycles. The Morgan fingerprint density at radius 2 is 2.15 bits per heavy atom. The van der Waals surface area contributed by atoms with Crippen molar-refractivity contribution in [1.82, 2.24) is 4.90 Å². The highest BCUT2D eigenvalue weighted by Crippen LogP contribution is 2.09. The number of hydrogen-bond acceptors (Lipinski definition) is 4. The molecule has 72 valence electrons. The Hall–Kier alpha value is -0.870. The minimum Gasteiger partial charge on any atom is -0.458 e. The molecule has 0 radical (unpaired) electrons. The number of hydrogen-bond donors (Lipinski definition) is 0. The Balaban J connectivity index is 1.83. The molecular weight excluding hydrogens is 170 g/mol. The van der Waals surface area contributed by atoms with Crippen LogP contribution >= 0.6 is 0 Å². The fraction of sp³-hybridized carbons (Fsp3) is 0.667. The molecule has 2 heterocycles. The SMILES string of the molecule is O=C1C=C(CN2CCOCC2)CO1. The molecule has 0 unspecified atom stereocenters. The molecule has 1 saturated heterocycles. The second-order valence-corrected chi connectivity index (χ2v) is 3.30. The second kappa shape index (κ2) is 3.89. The van der Waals surface area contributed by atoms with Crippen LogP contribution < -0.4 is 0 Å². The predicted octanol–water partition coefficient (Wildman–Crippen LogP) is -0.198. The van der Waals surface area contributed by atoms with Crippen LogP contribution in [0.5, 0.6) is 0 Å². The lowest BCUT2D eigenvalue weighted by Crippen LogP contribution is -2.37. The summed E-state index contributed by atoms with van der Waals surface area (Å²) in [4.78, 5) is 13.0. The summed E-state index contributed by atoms with van der Waals surface area (Å²) >= 11 is 0. The Morgan fingerprint density at radius 3 is 2.77 bits per heavy atom. The van der Waals surface area contributed by atoms with Crippen LogP contribution in [0.4, 0.5) is 0 Å². The van der Waals surface area contributed by atoms with Crippen molar-refractivity contribution in [2.75, 3.05) is 39.5 Å². The number of esters is 1. The number of morpholine rings is 1. The molecule has 13 heavy (non-hydrogen) atoms. The summed E-state index contributed by atoms with van der Waals surface area (Å²) in [6.45, 7) is 4.80. The third kappa shape index (κ3) is 2.29. The third-order valence-electron chi connectivity index (χ3n) is 2.25. The molecule has 4 nitrogen and oxygen atoms in total. The van der Waals surface area contributed by atoms with E-state index in [9.17, 15) is 4.79 Å². The van der Waals surface area contributed by atoms with Crippen molar-refractivity contribution in [3.63, 3.8) is 0 Å². The summed E-state index contributed by atoms with van der Waals surface area (Å²) in [5, 5.41) is 0. The van der Waals surface area contributed by atoms with E-state index in [-0.39, 0.29) is 5.97 Å². The maximum Gasteiger partial charge on any atom is 0.331 e. The van der Waals surface area contributed by atoms with Crippen LogP contribution in [0, 0.1) is 0 Å². The van der Waals surface area contributed by atoms with E-state index in [1.54, 1.807) is 6.08 Å². The number of carbonyl (C=O) groups is 1. The van der Waals surface area contributed by atoms with E-state index in [0.717, 1.165) is 38.4 Å². The molecular formula is C9H13NO3. The molecule has 0 N–H and O–H groups in total. The Morgan fingerprint density at radius 1 is 1.38 bits per heavy atom. The first kappa shape index (κ1) is 8.72. The van der Waals surface area contributed by atoms with E-state index in [1.165, 1.54) is 0 Å². The number of carbonyl (C=O) groups excluding carboxylic acids is 1. The maximum atomic E-state index is 10.8. The lowest BCUT2D eigenvalue weighted by molar-refractivity contribution is -0.134. The van der Waals surface area contributed by atoms with Gasteiger partial charge in [0.2, 0.25) is 0 Å². The normalized spacial score (nSPS) is 24.3. The maximum absolute atomic E-state index is 10.8. The van der Waals surface area contributed by atoms with Crippen molar-refractivity contribution >= 4 is 5.97 Å². The van der Waals surface area contributed by atoms with Gasteiger partial charge < -0.3 is 9.47 Å². The van der Waals surface area contributed by atoms with Crippen molar-refractivity contribution in [1.29, 1.82) is 0 Å². The fourth-order valence-electron chi connectivity index (χ4n) is 1.55. The standard InChI is InChI=1S/C9H13NO3/c11-9-5-8(7-13-9)6-10-1-3-12-4-2-10/h5H,1-4,6-7H2. The Labute approximate surface area is 77.1 Å². The number of ether oxygens (including phenoxy) is 2. The minimum absolute atomic E-state index is 0.205. The third-order valence-corrected chi connectivity index (χ3v) is 2.25. The first-order valence-electron chi connectivity index (χ1n) is 4.51. The summed E-state index contributed by atoms with van der Waals surface area (Å²) < 4.78 is 10.0. The zero-order valence-corrected chi connectivity index (χ0v) is 7.49. The summed E-state index contributed by atoms with van der Waals surface area (Å²) in [5.74, 6) is -0.205. The van der Waals surface area contributed by atoms with E-state index in [1.807, 2.05) is 0 Å². The second-order valence-electron chi connectivity index (χ2n) is 3.30. The van der Waals surface area contributed by atoms with Gasteiger partial charge in [0.25, 0.3) is 0 Å². The number of cyclic esters (lactones) is 1.